The van der Waals surface area contributed by atoms with Crippen LogP contribution in [-0.2, 0) is 0 Å². The monoisotopic (exact) mass is 276 g/mol. The van der Waals surface area contributed by atoms with Gasteiger partial charge in [-0.1, -0.05) is 30.3 Å². The van der Waals surface area contributed by atoms with E-state index in [-0.39, 0.29) is 5.91 Å². The minimum atomic E-state index is -0.205. The second kappa shape index (κ2) is 4.49. The van der Waals surface area contributed by atoms with Crippen LogP contribution in [0, 0.1) is 0 Å². The highest BCUT2D eigenvalue weighted by atomic mass is 16.2. The van der Waals surface area contributed by atoms with Crippen molar-refractivity contribution in [3.05, 3.63) is 60.3 Å². The third-order valence-corrected chi connectivity index (χ3v) is 3.48. The smallest absolute Gasteiger partial charge is 0.273 e. The van der Waals surface area contributed by atoms with Crippen molar-refractivity contribution in [2.45, 2.75) is 0 Å². The van der Waals surface area contributed by atoms with Gasteiger partial charge in [-0.3, -0.25) is 9.89 Å². The van der Waals surface area contributed by atoms with Crippen LogP contribution in [0.4, 0.5) is 5.82 Å². The Morgan fingerprint density at radius 1 is 1.00 bits per heavy atom. The molecule has 0 unspecified atom stereocenters. The molecule has 4 rings (SSSR count). The molecule has 21 heavy (non-hydrogen) atoms. The average molecular weight is 276 g/mol. The zero-order chi connectivity index (χ0) is 14.2. The maximum atomic E-state index is 12.3. The average Bonchev–Trinajstić information content (AvgIpc) is 3.11. The van der Waals surface area contributed by atoms with E-state index in [1.54, 1.807) is 0 Å². The fourth-order valence-corrected chi connectivity index (χ4v) is 2.43. The van der Waals surface area contributed by atoms with Crippen LogP contribution in [0.25, 0.3) is 21.8 Å². The molecular formula is C16H12N4O. The summed E-state index contributed by atoms with van der Waals surface area (Å²) >= 11 is 0. The van der Waals surface area contributed by atoms with Gasteiger partial charge in [-0.15, -0.1) is 0 Å². The van der Waals surface area contributed by atoms with E-state index in [0.29, 0.717) is 11.5 Å². The molecule has 2 heterocycles. The Kier molecular flexibility index (Phi) is 2.50. The number of benzene rings is 2. The second-order valence-electron chi connectivity index (χ2n) is 4.84. The van der Waals surface area contributed by atoms with Gasteiger partial charge in [0.2, 0.25) is 0 Å². The first-order valence-electron chi connectivity index (χ1n) is 6.63. The predicted molar refractivity (Wildman–Crippen MR) is 82.3 cm³/mol. The van der Waals surface area contributed by atoms with Crippen LogP contribution >= 0.6 is 0 Å². The first-order valence-corrected chi connectivity index (χ1v) is 6.63. The lowest BCUT2D eigenvalue weighted by Crippen LogP contribution is -2.12. The molecule has 2 aromatic heterocycles. The van der Waals surface area contributed by atoms with Gasteiger partial charge < -0.3 is 10.3 Å². The maximum absolute atomic E-state index is 12.3. The number of carbonyl (C=O) groups is 1. The molecule has 0 radical (unpaired) electrons. The number of aromatic amines is 2. The third kappa shape index (κ3) is 1.95. The van der Waals surface area contributed by atoms with Crippen LogP contribution < -0.4 is 5.32 Å². The number of H-pyrrole nitrogens is 2. The Labute approximate surface area is 120 Å². The molecule has 0 aliphatic heterocycles. The highest BCUT2D eigenvalue weighted by Crippen LogP contribution is 2.21. The Bertz CT molecular complexity index is 918. The van der Waals surface area contributed by atoms with Gasteiger partial charge in [0.1, 0.15) is 5.69 Å². The number of anilines is 1. The zero-order valence-electron chi connectivity index (χ0n) is 11.1. The van der Waals surface area contributed by atoms with E-state index in [4.69, 9.17) is 0 Å². The minimum Gasteiger partial charge on any atom is -0.351 e. The minimum absolute atomic E-state index is 0.205. The number of fused-ring (bicyclic) bond motifs is 2. The Morgan fingerprint density at radius 2 is 1.76 bits per heavy atom. The number of hydrogen-bond donors (Lipinski definition) is 3. The van der Waals surface area contributed by atoms with Crippen molar-refractivity contribution in [1.82, 2.24) is 15.2 Å². The van der Waals surface area contributed by atoms with Gasteiger partial charge in [-0.25, -0.2) is 0 Å². The summed E-state index contributed by atoms with van der Waals surface area (Å²) in [5, 5.41) is 11.8. The molecular weight excluding hydrogens is 264 g/mol. The van der Waals surface area contributed by atoms with Crippen LogP contribution in [-0.4, -0.2) is 21.1 Å². The summed E-state index contributed by atoms with van der Waals surface area (Å²) in [4.78, 5) is 15.4. The molecule has 0 saturated heterocycles. The number of amides is 1. The zero-order valence-corrected chi connectivity index (χ0v) is 11.1. The summed E-state index contributed by atoms with van der Waals surface area (Å²) in [5.74, 6) is 0.331. The van der Waals surface area contributed by atoms with Gasteiger partial charge in [0.15, 0.2) is 5.82 Å². The molecule has 5 heteroatoms. The van der Waals surface area contributed by atoms with Gasteiger partial charge in [-0.2, -0.15) is 5.10 Å². The quantitative estimate of drug-likeness (QED) is 0.525. The number of nitrogens with one attached hydrogen (secondary N) is 3. The molecule has 0 bridgehead atoms. The van der Waals surface area contributed by atoms with Crippen molar-refractivity contribution in [2.75, 3.05) is 5.32 Å². The molecule has 0 saturated carbocycles. The fraction of sp³-hybridized carbons (Fsp3) is 0. The molecule has 0 aliphatic carbocycles. The molecule has 1 amide bonds. The molecule has 5 nitrogen and oxygen atoms in total. The van der Waals surface area contributed by atoms with Gasteiger partial charge in [-0.05, 0) is 24.3 Å². The van der Waals surface area contributed by atoms with E-state index in [2.05, 4.69) is 20.5 Å². The predicted octanol–water partition coefficient (Wildman–Crippen LogP) is 3.30. The van der Waals surface area contributed by atoms with E-state index in [1.165, 1.54) is 0 Å². The lowest BCUT2D eigenvalue weighted by Gasteiger charge is -1.99. The Balaban J connectivity index is 1.69. The van der Waals surface area contributed by atoms with Crippen molar-refractivity contribution in [3.8, 4) is 0 Å². The van der Waals surface area contributed by atoms with Crippen molar-refractivity contribution in [3.63, 3.8) is 0 Å². The Hall–Kier alpha value is -3.08. The van der Waals surface area contributed by atoms with E-state index in [9.17, 15) is 4.79 Å². The number of hydrogen-bond acceptors (Lipinski definition) is 2. The van der Waals surface area contributed by atoms with Crippen LogP contribution in [0.2, 0.25) is 0 Å². The maximum Gasteiger partial charge on any atom is 0.273 e. The molecule has 4 aromatic rings. The first-order chi connectivity index (χ1) is 10.3. The standard InChI is InChI=1S/C16H12N4O/c21-16(14-9-10-5-1-3-7-12(10)17-14)18-15-11-6-2-4-8-13(11)19-20-15/h1-9,17H,(H2,18,19,20,21). The highest BCUT2D eigenvalue weighted by molar-refractivity contribution is 6.08. The molecule has 2 aromatic carbocycles. The Morgan fingerprint density at radius 3 is 2.62 bits per heavy atom. The molecule has 0 spiro atoms. The summed E-state index contributed by atoms with van der Waals surface area (Å²) in [7, 11) is 0. The lowest BCUT2D eigenvalue weighted by molar-refractivity contribution is 0.102. The topological polar surface area (TPSA) is 73.6 Å². The number of para-hydroxylation sites is 2. The molecule has 0 fully saturated rings. The molecule has 0 aliphatic rings. The van der Waals surface area contributed by atoms with Gasteiger partial charge in [0.05, 0.1) is 5.52 Å². The summed E-state index contributed by atoms with van der Waals surface area (Å²) in [6, 6.07) is 17.3. The van der Waals surface area contributed by atoms with Crippen LogP contribution in [0.1, 0.15) is 10.5 Å². The van der Waals surface area contributed by atoms with Crippen molar-refractivity contribution in [1.29, 1.82) is 0 Å². The van der Waals surface area contributed by atoms with Crippen LogP contribution in [0.15, 0.2) is 54.6 Å². The molecule has 0 atom stereocenters. The van der Waals surface area contributed by atoms with Crippen LogP contribution in [0.3, 0.4) is 0 Å². The summed E-state index contributed by atoms with van der Waals surface area (Å²) in [6.07, 6.45) is 0. The van der Waals surface area contributed by atoms with Crippen molar-refractivity contribution in [2.24, 2.45) is 0 Å². The van der Waals surface area contributed by atoms with Crippen molar-refractivity contribution < 1.29 is 4.79 Å². The number of aromatic nitrogens is 3. The third-order valence-electron chi connectivity index (χ3n) is 3.48. The SMILES string of the molecule is O=C(Nc1n[nH]c2ccccc12)c1cc2ccccc2[nH]1. The van der Waals surface area contributed by atoms with E-state index in [1.807, 2.05) is 54.6 Å². The summed E-state index contributed by atoms with van der Waals surface area (Å²) in [5.41, 5.74) is 2.35. The number of rotatable bonds is 2. The van der Waals surface area contributed by atoms with Gasteiger partial charge in [0, 0.05) is 16.3 Å². The number of carbonyl (C=O) groups excluding carboxylic acids is 1. The van der Waals surface area contributed by atoms with Gasteiger partial charge in [0.25, 0.3) is 5.91 Å². The second-order valence-corrected chi connectivity index (χ2v) is 4.84. The molecule has 3 N–H and O–H groups in total. The first kappa shape index (κ1) is 11.7. The molecule has 102 valence electrons. The highest BCUT2D eigenvalue weighted by Gasteiger charge is 2.12. The fourth-order valence-electron chi connectivity index (χ4n) is 2.43. The van der Waals surface area contributed by atoms with Crippen LogP contribution in [0.5, 0.6) is 0 Å². The summed E-state index contributed by atoms with van der Waals surface area (Å²) in [6.45, 7) is 0. The van der Waals surface area contributed by atoms with Crippen molar-refractivity contribution >= 4 is 33.5 Å². The van der Waals surface area contributed by atoms with E-state index >= 15 is 0 Å². The normalized spacial score (nSPS) is 11.0. The van der Waals surface area contributed by atoms with E-state index in [0.717, 1.165) is 21.8 Å². The summed E-state index contributed by atoms with van der Waals surface area (Å²) < 4.78 is 0. The van der Waals surface area contributed by atoms with E-state index < -0.39 is 0 Å². The largest absolute Gasteiger partial charge is 0.351 e. The number of nitrogens with zero attached hydrogens (tertiary/aromatic N) is 1. The van der Waals surface area contributed by atoms with Gasteiger partial charge >= 0.3 is 0 Å². The lowest BCUT2D eigenvalue weighted by atomic mass is 10.2.